The smallest absolute Gasteiger partial charge is 0.252 e. The highest BCUT2D eigenvalue weighted by atomic mass is 16.5. The number of methoxy groups -OCH3 is 4. The Labute approximate surface area is 175 Å². The maximum absolute atomic E-state index is 12.9. The molecule has 30 heavy (non-hydrogen) atoms. The predicted molar refractivity (Wildman–Crippen MR) is 116 cm³/mol. The third kappa shape index (κ3) is 4.46. The first-order valence-electron chi connectivity index (χ1n) is 9.60. The molecule has 2 aromatic carbocycles. The lowest BCUT2D eigenvalue weighted by Gasteiger charge is -2.15. The third-order valence-corrected chi connectivity index (χ3v) is 4.73. The first-order valence-corrected chi connectivity index (χ1v) is 9.60. The molecule has 1 heterocycles. The maximum atomic E-state index is 12.9. The number of aromatic nitrogens is 1. The Morgan fingerprint density at radius 1 is 0.967 bits per heavy atom. The molecule has 3 aromatic rings. The van der Waals surface area contributed by atoms with Crippen molar-refractivity contribution in [2.45, 2.75) is 6.42 Å². The average molecular weight is 410 g/mol. The van der Waals surface area contributed by atoms with Crippen LogP contribution in [0.2, 0.25) is 0 Å². The van der Waals surface area contributed by atoms with Crippen molar-refractivity contribution in [2.24, 2.45) is 0 Å². The Bertz CT molecular complexity index is 1010. The van der Waals surface area contributed by atoms with Crippen LogP contribution in [0.4, 0.5) is 0 Å². The number of amides is 1. The summed E-state index contributed by atoms with van der Waals surface area (Å²) < 4.78 is 21.4. The lowest BCUT2D eigenvalue weighted by Crippen LogP contribution is -2.25. The fraction of sp³-hybridized carbons (Fsp3) is 0.304. The fourth-order valence-corrected chi connectivity index (χ4v) is 3.25. The second-order valence-corrected chi connectivity index (χ2v) is 6.59. The molecule has 0 aliphatic carbocycles. The first kappa shape index (κ1) is 21.4. The number of para-hydroxylation sites is 1. The Morgan fingerprint density at radius 2 is 1.67 bits per heavy atom. The van der Waals surface area contributed by atoms with Crippen LogP contribution in [0.15, 0.2) is 42.5 Å². The zero-order valence-corrected chi connectivity index (χ0v) is 17.7. The number of nitrogens with zero attached hydrogens (tertiary/aromatic N) is 1. The van der Waals surface area contributed by atoms with Crippen LogP contribution in [0.1, 0.15) is 16.8 Å². The number of carbonyl (C=O) groups is 1. The molecule has 158 valence electrons. The topological polar surface area (TPSA) is 78.9 Å². The van der Waals surface area contributed by atoms with Crippen LogP contribution in [-0.2, 0) is 4.74 Å². The molecule has 0 bridgehead atoms. The summed E-state index contributed by atoms with van der Waals surface area (Å²) in [5, 5.41) is 3.74. The SMILES string of the molecule is COCCCNC(=O)c1cc(-c2cc(OC)c(OC)c(OC)c2)nc2ccccc12. The Morgan fingerprint density at radius 3 is 2.30 bits per heavy atom. The minimum Gasteiger partial charge on any atom is -0.493 e. The van der Waals surface area contributed by atoms with Crippen LogP contribution in [0, 0.1) is 0 Å². The highest BCUT2D eigenvalue weighted by Gasteiger charge is 2.18. The van der Waals surface area contributed by atoms with Gasteiger partial charge in [-0.1, -0.05) is 18.2 Å². The summed E-state index contributed by atoms with van der Waals surface area (Å²) in [6, 6.07) is 13.0. The van der Waals surface area contributed by atoms with Gasteiger partial charge in [0, 0.05) is 31.2 Å². The predicted octanol–water partition coefficient (Wildman–Crippen LogP) is 3.69. The number of ether oxygens (including phenoxy) is 4. The highest BCUT2D eigenvalue weighted by Crippen LogP contribution is 2.41. The van der Waals surface area contributed by atoms with Gasteiger partial charge >= 0.3 is 0 Å². The van der Waals surface area contributed by atoms with Gasteiger partial charge in [0.25, 0.3) is 5.91 Å². The minimum absolute atomic E-state index is 0.154. The molecule has 0 aliphatic rings. The normalized spacial score (nSPS) is 10.7. The van der Waals surface area contributed by atoms with Gasteiger partial charge in [-0.15, -0.1) is 0 Å². The molecule has 0 spiro atoms. The summed E-state index contributed by atoms with van der Waals surface area (Å²) in [7, 11) is 6.32. The molecule has 1 N–H and O–H groups in total. The summed E-state index contributed by atoms with van der Waals surface area (Å²) in [4.78, 5) is 17.7. The van der Waals surface area contributed by atoms with Gasteiger partial charge in [0.15, 0.2) is 11.5 Å². The number of hydrogen-bond acceptors (Lipinski definition) is 6. The Kier molecular flexibility index (Phi) is 7.08. The number of benzene rings is 2. The first-order chi connectivity index (χ1) is 14.6. The van der Waals surface area contributed by atoms with Crippen molar-refractivity contribution >= 4 is 16.8 Å². The summed E-state index contributed by atoms with van der Waals surface area (Å²) >= 11 is 0. The van der Waals surface area contributed by atoms with E-state index in [1.807, 2.05) is 36.4 Å². The molecule has 0 unspecified atom stereocenters. The molecular weight excluding hydrogens is 384 g/mol. The van der Waals surface area contributed by atoms with Gasteiger partial charge in [-0.25, -0.2) is 4.98 Å². The molecule has 0 saturated heterocycles. The van der Waals surface area contributed by atoms with E-state index in [2.05, 4.69) is 5.32 Å². The maximum Gasteiger partial charge on any atom is 0.252 e. The van der Waals surface area contributed by atoms with Crippen LogP contribution in [-0.4, -0.2) is 52.5 Å². The zero-order valence-electron chi connectivity index (χ0n) is 17.7. The van der Waals surface area contributed by atoms with E-state index in [1.165, 1.54) is 0 Å². The molecule has 3 rings (SSSR count). The molecule has 0 radical (unpaired) electrons. The van der Waals surface area contributed by atoms with Crippen molar-refractivity contribution in [2.75, 3.05) is 41.6 Å². The number of carbonyl (C=O) groups excluding carboxylic acids is 1. The van der Waals surface area contributed by atoms with Crippen molar-refractivity contribution in [3.63, 3.8) is 0 Å². The van der Waals surface area contributed by atoms with Gasteiger partial charge in [0.05, 0.1) is 38.1 Å². The molecule has 0 fully saturated rings. The molecule has 0 aliphatic heterocycles. The van der Waals surface area contributed by atoms with Crippen LogP contribution < -0.4 is 19.5 Å². The fourth-order valence-electron chi connectivity index (χ4n) is 3.25. The van der Waals surface area contributed by atoms with E-state index in [0.717, 1.165) is 22.9 Å². The molecule has 1 amide bonds. The summed E-state index contributed by atoms with van der Waals surface area (Å²) in [5.41, 5.74) is 2.67. The minimum atomic E-state index is -0.154. The molecular formula is C23H26N2O5. The second kappa shape index (κ2) is 9.93. The number of rotatable bonds is 9. The average Bonchev–Trinajstić information content (AvgIpc) is 2.79. The van der Waals surface area contributed by atoms with E-state index < -0.39 is 0 Å². The van der Waals surface area contributed by atoms with Gasteiger partial charge < -0.3 is 24.3 Å². The lowest BCUT2D eigenvalue weighted by atomic mass is 10.0. The highest BCUT2D eigenvalue weighted by molar-refractivity contribution is 6.07. The molecule has 1 aromatic heterocycles. The van der Waals surface area contributed by atoms with E-state index in [0.29, 0.717) is 41.7 Å². The van der Waals surface area contributed by atoms with E-state index in [1.54, 1.807) is 34.5 Å². The standard InChI is InChI=1S/C23H26N2O5/c1-27-11-7-10-24-23(26)17-14-19(25-18-9-6-5-8-16(17)18)15-12-20(28-2)22(30-4)21(13-15)29-3/h5-6,8-9,12-14H,7,10-11H2,1-4H3,(H,24,26). The van der Waals surface area contributed by atoms with Gasteiger partial charge in [0.1, 0.15) is 0 Å². The Balaban J connectivity index is 2.08. The second-order valence-electron chi connectivity index (χ2n) is 6.59. The van der Waals surface area contributed by atoms with Crippen molar-refractivity contribution in [1.82, 2.24) is 10.3 Å². The summed E-state index contributed by atoms with van der Waals surface area (Å²) in [5.74, 6) is 1.39. The van der Waals surface area contributed by atoms with Crippen molar-refractivity contribution < 1.29 is 23.7 Å². The number of nitrogens with one attached hydrogen (secondary N) is 1. The van der Waals surface area contributed by atoms with E-state index in [4.69, 9.17) is 23.9 Å². The van der Waals surface area contributed by atoms with E-state index >= 15 is 0 Å². The van der Waals surface area contributed by atoms with E-state index in [9.17, 15) is 4.79 Å². The summed E-state index contributed by atoms with van der Waals surface area (Å²) in [6.45, 7) is 1.12. The van der Waals surface area contributed by atoms with Crippen molar-refractivity contribution in [1.29, 1.82) is 0 Å². The molecule has 0 saturated carbocycles. The number of fused-ring (bicyclic) bond motifs is 1. The molecule has 7 nitrogen and oxygen atoms in total. The largest absolute Gasteiger partial charge is 0.493 e. The third-order valence-electron chi connectivity index (χ3n) is 4.73. The van der Waals surface area contributed by atoms with Crippen LogP contribution in [0.3, 0.4) is 0 Å². The zero-order chi connectivity index (χ0) is 21.5. The van der Waals surface area contributed by atoms with Crippen molar-refractivity contribution in [3.8, 4) is 28.5 Å². The van der Waals surface area contributed by atoms with E-state index in [-0.39, 0.29) is 5.91 Å². The van der Waals surface area contributed by atoms with Gasteiger partial charge in [-0.05, 0) is 30.7 Å². The number of pyridine rings is 1. The van der Waals surface area contributed by atoms with Crippen LogP contribution in [0.5, 0.6) is 17.2 Å². The van der Waals surface area contributed by atoms with Gasteiger partial charge in [-0.3, -0.25) is 4.79 Å². The number of hydrogen-bond donors (Lipinski definition) is 1. The van der Waals surface area contributed by atoms with Gasteiger partial charge in [-0.2, -0.15) is 0 Å². The summed E-state index contributed by atoms with van der Waals surface area (Å²) in [6.07, 6.45) is 0.741. The monoisotopic (exact) mass is 410 g/mol. The molecule has 0 atom stereocenters. The van der Waals surface area contributed by atoms with Crippen molar-refractivity contribution in [3.05, 3.63) is 48.0 Å². The Hall–Kier alpha value is -3.32. The van der Waals surface area contributed by atoms with Gasteiger partial charge in [0.2, 0.25) is 5.75 Å². The van der Waals surface area contributed by atoms with Crippen LogP contribution in [0.25, 0.3) is 22.2 Å². The quantitative estimate of drug-likeness (QED) is 0.542. The lowest BCUT2D eigenvalue weighted by molar-refractivity contribution is 0.0950. The van der Waals surface area contributed by atoms with Crippen LogP contribution >= 0.6 is 0 Å². The molecule has 7 heteroatoms.